The number of pyridine rings is 1. The van der Waals surface area contributed by atoms with Gasteiger partial charge < -0.3 is 19.5 Å². The maximum absolute atomic E-state index is 13.7. The van der Waals surface area contributed by atoms with E-state index in [4.69, 9.17) is 21.1 Å². The van der Waals surface area contributed by atoms with Gasteiger partial charge >= 0.3 is 12.1 Å². The summed E-state index contributed by atoms with van der Waals surface area (Å²) < 4.78 is 51.7. The van der Waals surface area contributed by atoms with Crippen molar-refractivity contribution < 1.29 is 37.3 Å². The highest BCUT2D eigenvalue weighted by molar-refractivity contribution is 6.34. The number of aliphatic carboxylic acids is 1. The lowest BCUT2D eigenvalue weighted by atomic mass is 9.99. The number of nitriles is 1. The summed E-state index contributed by atoms with van der Waals surface area (Å²) in [5, 5.41) is 18.8. The van der Waals surface area contributed by atoms with Crippen molar-refractivity contribution in [3.8, 4) is 28.8 Å². The molecular formula is C29H21ClF3N3O5. The van der Waals surface area contributed by atoms with E-state index in [0.29, 0.717) is 0 Å². The first kappa shape index (κ1) is 29.2. The van der Waals surface area contributed by atoms with Crippen LogP contribution in [0.5, 0.6) is 11.5 Å². The molecule has 1 atom stereocenters. The minimum absolute atomic E-state index is 0.00897. The molecule has 12 heteroatoms. The average molecular weight is 584 g/mol. The second-order valence-electron chi connectivity index (χ2n) is 8.83. The van der Waals surface area contributed by atoms with Gasteiger partial charge in [-0.25, -0.2) is 9.78 Å². The van der Waals surface area contributed by atoms with E-state index in [2.05, 4.69) is 4.98 Å². The van der Waals surface area contributed by atoms with Crippen LogP contribution in [0.2, 0.25) is 5.02 Å². The Morgan fingerprint density at radius 2 is 1.80 bits per heavy atom. The standard InChI is InChI=1S/C29H21ClF3N3O5/c1-15(28(38)39)41-24-10-5-4-9-23(24)36(2)27(37)19-12-18(21(30)13-25(19)40-3)26-16(14-34)11-17-20(29(31,32)33)7-6-8-22(17)35-26/h4-13,15H,1-3H3,(H,38,39). The summed E-state index contributed by atoms with van der Waals surface area (Å²) in [7, 11) is 2.76. The number of alkyl halides is 3. The Balaban J connectivity index is 1.85. The van der Waals surface area contributed by atoms with Gasteiger partial charge in [0.05, 0.1) is 45.7 Å². The van der Waals surface area contributed by atoms with Crippen molar-refractivity contribution >= 4 is 40.1 Å². The van der Waals surface area contributed by atoms with Crippen molar-refractivity contribution in [2.75, 3.05) is 19.1 Å². The van der Waals surface area contributed by atoms with Gasteiger partial charge in [-0.2, -0.15) is 18.4 Å². The fourth-order valence-electron chi connectivity index (χ4n) is 4.17. The lowest BCUT2D eigenvalue weighted by Gasteiger charge is -2.23. The van der Waals surface area contributed by atoms with Crippen LogP contribution in [0, 0.1) is 11.3 Å². The molecule has 41 heavy (non-hydrogen) atoms. The predicted molar refractivity (Wildman–Crippen MR) is 145 cm³/mol. The Morgan fingerprint density at radius 1 is 1.10 bits per heavy atom. The number of methoxy groups -OCH3 is 1. The molecule has 3 aromatic carbocycles. The van der Waals surface area contributed by atoms with Crippen LogP contribution in [0.4, 0.5) is 18.9 Å². The fraction of sp³-hybridized carbons (Fsp3) is 0.172. The van der Waals surface area contributed by atoms with E-state index in [1.165, 1.54) is 56.3 Å². The van der Waals surface area contributed by atoms with Gasteiger partial charge in [-0.1, -0.05) is 29.8 Å². The number of carboxylic acids is 1. The normalized spacial score (nSPS) is 12.0. The highest BCUT2D eigenvalue weighted by Gasteiger charge is 2.33. The number of rotatable bonds is 7. The molecule has 0 radical (unpaired) electrons. The number of halogens is 4. The molecule has 0 bridgehead atoms. The Labute approximate surface area is 237 Å². The number of aromatic nitrogens is 1. The highest BCUT2D eigenvalue weighted by atomic mass is 35.5. The van der Waals surface area contributed by atoms with Crippen molar-refractivity contribution in [3.63, 3.8) is 0 Å². The number of carbonyl (C=O) groups is 2. The number of amides is 1. The molecule has 0 spiro atoms. The number of para-hydroxylation sites is 2. The monoisotopic (exact) mass is 583 g/mol. The first-order valence-electron chi connectivity index (χ1n) is 11.9. The zero-order valence-corrected chi connectivity index (χ0v) is 22.5. The number of hydrogen-bond acceptors (Lipinski definition) is 6. The number of anilines is 1. The number of nitrogens with zero attached hydrogens (tertiary/aromatic N) is 3. The molecule has 210 valence electrons. The minimum Gasteiger partial charge on any atom is -0.496 e. The van der Waals surface area contributed by atoms with Crippen LogP contribution in [-0.2, 0) is 11.0 Å². The van der Waals surface area contributed by atoms with Gasteiger partial charge in [0.2, 0.25) is 0 Å². The van der Waals surface area contributed by atoms with Crippen molar-refractivity contribution in [2.45, 2.75) is 19.2 Å². The topological polar surface area (TPSA) is 113 Å². The van der Waals surface area contributed by atoms with Gasteiger partial charge in [-0.05, 0) is 43.3 Å². The molecule has 0 saturated carbocycles. The summed E-state index contributed by atoms with van der Waals surface area (Å²) in [5.74, 6) is -1.60. The predicted octanol–water partition coefficient (Wildman–Crippen LogP) is 6.58. The van der Waals surface area contributed by atoms with Crippen LogP contribution in [0.25, 0.3) is 22.2 Å². The van der Waals surface area contributed by atoms with Crippen LogP contribution in [0.3, 0.4) is 0 Å². The van der Waals surface area contributed by atoms with E-state index in [0.717, 1.165) is 12.1 Å². The van der Waals surface area contributed by atoms with E-state index in [-0.39, 0.29) is 55.5 Å². The van der Waals surface area contributed by atoms with E-state index < -0.39 is 29.7 Å². The fourth-order valence-corrected chi connectivity index (χ4v) is 4.41. The minimum atomic E-state index is -4.67. The van der Waals surface area contributed by atoms with Gasteiger partial charge in [0, 0.05) is 24.1 Å². The number of ether oxygens (including phenoxy) is 2. The molecule has 1 aromatic heterocycles. The molecule has 0 aliphatic carbocycles. The van der Waals surface area contributed by atoms with E-state index >= 15 is 0 Å². The first-order valence-corrected chi connectivity index (χ1v) is 12.3. The lowest BCUT2D eigenvalue weighted by Crippen LogP contribution is -2.29. The molecule has 0 aliphatic heterocycles. The van der Waals surface area contributed by atoms with Crippen molar-refractivity contribution in [2.24, 2.45) is 0 Å². The first-order chi connectivity index (χ1) is 19.4. The smallest absolute Gasteiger partial charge is 0.417 e. The summed E-state index contributed by atoms with van der Waals surface area (Å²) in [6.45, 7) is 1.34. The van der Waals surface area contributed by atoms with Gasteiger partial charge in [0.25, 0.3) is 5.91 Å². The molecular weight excluding hydrogens is 563 g/mol. The van der Waals surface area contributed by atoms with E-state index in [1.54, 1.807) is 18.2 Å². The Morgan fingerprint density at radius 3 is 2.44 bits per heavy atom. The number of hydrogen-bond donors (Lipinski definition) is 1. The van der Waals surface area contributed by atoms with Crippen LogP contribution in [0.1, 0.15) is 28.4 Å². The molecule has 0 fully saturated rings. The second-order valence-corrected chi connectivity index (χ2v) is 9.24. The van der Waals surface area contributed by atoms with Gasteiger partial charge in [0.1, 0.15) is 17.6 Å². The van der Waals surface area contributed by atoms with Crippen LogP contribution < -0.4 is 14.4 Å². The Hall–Kier alpha value is -4.82. The number of carboxylic acid groups (broad SMARTS) is 1. The molecule has 1 N–H and O–H groups in total. The highest BCUT2D eigenvalue weighted by Crippen LogP contribution is 2.40. The average Bonchev–Trinajstić information content (AvgIpc) is 2.94. The second kappa shape index (κ2) is 11.3. The summed E-state index contributed by atoms with van der Waals surface area (Å²) in [4.78, 5) is 30.6. The molecule has 1 amide bonds. The summed E-state index contributed by atoms with van der Waals surface area (Å²) in [6.07, 6.45) is -5.86. The molecule has 0 saturated heterocycles. The van der Waals surface area contributed by atoms with E-state index in [1.807, 2.05) is 6.07 Å². The van der Waals surface area contributed by atoms with Gasteiger partial charge in [0.15, 0.2) is 6.10 Å². The third kappa shape index (κ3) is 5.73. The third-order valence-electron chi connectivity index (χ3n) is 6.24. The zero-order valence-electron chi connectivity index (χ0n) is 21.8. The molecule has 1 heterocycles. The maximum atomic E-state index is 13.7. The molecule has 1 unspecified atom stereocenters. The number of carbonyl (C=O) groups excluding carboxylic acids is 1. The van der Waals surface area contributed by atoms with E-state index in [9.17, 15) is 33.1 Å². The zero-order chi connectivity index (χ0) is 30.1. The summed E-state index contributed by atoms with van der Waals surface area (Å²) in [5.41, 5.74) is -0.816. The lowest BCUT2D eigenvalue weighted by molar-refractivity contribution is -0.144. The Bertz CT molecular complexity index is 1720. The van der Waals surface area contributed by atoms with Crippen LogP contribution in [-0.4, -0.2) is 42.2 Å². The van der Waals surface area contributed by atoms with Crippen molar-refractivity contribution in [1.82, 2.24) is 4.98 Å². The molecule has 4 rings (SSSR count). The van der Waals surface area contributed by atoms with Crippen LogP contribution >= 0.6 is 11.6 Å². The summed E-state index contributed by atoms with van der Waals surface area (Å²) in [6, 6.07) is 15.4. The van der Waals surface area contributed by atoms with Gasteiger partial charge in [-0.3, -0.25) is 4.79 Å². The molecule has 0 aliphatic rings. The largest absolute Gasteiger partial charge is 0.496 e. The van der Waals surface area contributed by atoms with Crippen LogP contribution in [0.15, 0.2) is 60.7 Å². The van der Waals surface area contributed by atoms with Crippen molar-refractivity contribution in [1.29, 1.82) is 5.26 Å². The molecule has 8 nitrogen and oxygen atoms in total. The number of benzene rings is 3. The van der Waals surface area contributed by atoms with Crippen molar-refractivity contribution in [3.05, 3.63) is 82.4 Å². The Kier molecular flexibility index (Phi) is 8.07. The third-order valence-corrected chi connectivity index (χ3v) is 6.56. The molecule has 4 aromatic rings. The van der Waals surface area contributed by atoms with Gasteiger partial charge in [-0.15, -0.1) is 0 Å². The summed E-state index contributed by atoms with van der Waals surface area (Å²) >= 11 is 6.50. The number of fused-ring (bicyclic) bond motifs is 1. The SMILES string of the molecule is COc1cc(Cl)c(-c2nc3cccc(C(F)(F)F)c3cc2C#N)cc1C(=O)N(C)c1ccccc1OC(C)C(=O)O. The maximum Gasteiger partial charge on any atom is 0.417 e. The quantitative estimate of drug-likeness (QED) is 0.261.